The highest BCUT2D eigenvalue weighted by Crippen LogP contribution is 2.34. The average molecular weight is 253 g/mol. The number of hydrogen-bond donors (Lipinski definition) is 1. The van der Waals surface area contributed by atoms with Crippen molar-refractivity contribution in [1.29, 1.82) is 0 Å². The van der Waals surface area contributed by atoms with Gasteiger partial charge in [-0.25, -0.2) is 4.79 Å². The van der Waals surface area contributed by atoms with Crippen molar-refractivity contribution < 1.29 is 9.53 Å². The van der Waals surface area contributed by atoms with Crippen LogP contribution in [-0.2, 0) is 4.74 Å². The third-order valence-electron chi connectivity index (χ3n) is 4.07. The molecule has 2 amide bonds. The van der Waals surface area contributed by atoms with E-state index in [0.29, 0.717) is 24.9 Å². The van der Waals surface area contributed by atoms with Crippen LogP contribution in [0.5, 0.6) is 0 Å². The van der Waals surface area contributed by atoms with Crippen LogP contribution in [0.25, 0.3) is 0 Å². The first-order chi connectivity index (χ1) is 8.63. The molecular weight excluding hydrogens is 230 g/mol. The zero-order chi connectivity index (χ0) is 13.1. The Labute approximate surface area is 108 Å². The van der Waals surface area contributed by atoms with Gasteiger partial charge in [0.05, 0.1) is 12.6 Å². The lowest BCUT2D eigenvalue weighted by Gasteiger charge is -2.35. The number of nitrogens with zero attached hydrogens (tertiary/aromatic N) is 2. The molecular formula is C13H23N3O2. The number of methoxy groups -OCH3 is 1. The van der Waals surface area contributed by atoms with Crippen molar-refractivity contribution in [1.82, 2.24) is 4.90 Å². The molecule has 18 heavy (non-hydrogen) atoms. The summed E-state index contributed by atoms with van der Waals surface area (Å²) in [5.41, 5.74) is 5.95. The SMILES string of the molecule is COCCN1C(=O)N=C(N)C1C1CCCC(C)C1. The summed E-state index contributed by atoms with van der Waals surface area (Å²) in [5.74, 6) is 1.67. The van der Waals surface area contributed by atoms with Crippen molar-refractivity contribution in [2.45, 2.75) is 38.6 Å². The molecule has 102 valence electrons. The minimum atomic E-state index is -0.201. The second-order valence-corrected chi connectivity index (χ2v) is 5.48. The summed E-state index contributed by atoms with van der Waals surface area (Å²) in [6.07, 6.45) is 4.79. The summed E-state index contributed by atoms with van der Waals surface area (Å²) in [6, 6.07) is -0.205. The van der Waals surface area contributed by atoms with Crippen LogP contribution in [0.1, 0.15) is 32.6 Å². The van der Waals surface area contributed by atoms with E-state index >= 15 is 0 Å². The Kier molecular flexibility index (Phi) is 4.22. The highest BCUT2D eigenvalue weighted by molar-refractivity contribution is 6.03. The topological polar surface area (TPSA) is 67.9 Å². The largest absolute Gasteiger partial charge is 0.385 e. The van der Waals surface area contributed by atoms with Gasteiger partial charge in [0.1, 0.15) is 5.84 Å². The number of amidine groups is 1. The summed E-state index contributed by atoms with van der Waals surface area (Å²) in [6.45, 7) is 3.39. The predicted octanol–water partition coefficient (Wildman–Crippen LogP) is 1.62. The normalized spacial score (nSPS) is 32.8. The van der Waals surface area contributed by atoms with E-state index in [1.165, 1.54) is 12.8 Å². The van der Waals surface area contributed by atoms with Crippen LogP contribution in [0.2, 0.25) is 0 Å². The van der Waals surface area contributed by atoms with E-state index in [1.807, 2.05) is 0 Å². The average Bonchev–Trinajstić information content (AvgIpc) is 2.61. The smallest absolute Gasteiger partial charge is 0.345 e. The van der Waals surface area contributed by atoms with Crippen LogP contribution in [0, 0.1) is 11.8 Å². The number of aliphatic imine (C=N–C) groups is 1. The molecule has 0 spiro atoms. The number of hydrogen-bond acceptors (Lipinski definition) is 3. The molecule has 1 heterocycles. The van der Waals surface area contributed by atoms with E-state index in [4.69, 9.17) is 10.5 Å². The van der Waals surface area contributed by atoms with E-state index in [-0.39, 0.29) is 12.1 Å². The van der Waals surface area contributed by atoms with E-state index in [9.17, 15) is 4.79 Å². The van der Waals surface area contributed by atoms with Gasteiger partial charge in [-0.3, -0.25) is 0 Å². The number of nitrogens with two attached hydrogens (primary N) is 1. The highest BCUT2D eigenvalue weighted by Gasteiger charge is 2.39. The molecule has 3 unspecified atom stereocenters. The van der Waals surface area contributed by atoms with Crippen molar-refractivity contribution in [3.8, 4) is 0 Å². The maximum absolute atomic E-state index is 11.8. The van der Waals surface area contributed by atoms with Gasteiger partial charge in [-0.1, -0.05) is 19.8 Å². The summed E-state index contributed by atoms with van der Waals surface area (Å²) in [5, 5.41) is 0. The highest BCUT2D eigenvalue weighted by atomic mass is 16.5. The van der Waals surface area contributed by atoms with E-state index in [2.05, 4.69) is 11.9 Å². The fourth-order valence-electron chi connectivity index (χ4n) is 3.21. The van der Waals surface area contributed by atoms with Gasteiger partial charge < -0.3 is 15.4 Å². The molecule has 5 nitrogen and oxygen atoms in total. The number of carbonyl (C=O) groups excluding carboxylic acids is 1. The van der Waals surface area contributed by atoms with Gasteiger partial charge >= 0.3 is 6.03 Å². The molecule has 0 bridgehead atoms. The number of amides is 2. The minimum absolute atomic E-state index is 0.00426. The second kappa shape index (κ2) is 5.69. The van der Waals surface area contributed by atoms with Gasteiger partial charge in [0, 0.05) is 13.7 Å². The lowest BCUT2D eigenvalue weighted by atomic mass is 9.78. The fraction of sp³-hybridized carbons (Fsp3) is 0.846. The summed E-state index contributed by atoms with van der Waals surface area (Å²) in [7, 11) is 1.64. The molecule has 0 radical (unpaired) electrons. The number of rotatable bonds is 4. The monoisotopic (exact) mass is 253 g/mol. The molecule has 2 aliphatic rings. The molecule has 1 fully saturated rings. The van der Waals surface area contributed by atoms with Crippen molar-refractivity contribution >= 4 is 11.9 Å². The molecule has 0 aromatic rings. The van der Waals surface area contributed by atoms with Gasteiger partial charge in [0.25, 0.3) is 0 Å². The molecule has 0 saturated heterocycles. The Morgan fingerprint density at radius 3 is 2.94 bits per heavy atom. The fourth-order valence-corrected chi connectivity index (χ4v) is 3.21. The van der Waals surface area contributed by atoms with Crippen molar-refractivity contribution in [2.75, 3.05) is 20.3 Å². The number of urea groups is 1. The molecule has 1 aliphatic carbocycles. The molecule has 2 N–H and O–H groups in total. The lowest BCUT2D eigenvalue weighted by molar-refractivity contribution is 0.124. The Bertz CT molecular complexity index is 343. The van der Waals surface area contributed by atoms with Crippen molar-refractivity contribution in [3.63, 3.8) is 0 Å². The molecule has 2 rings (SSSR count). The molecule has 1 saturated carbocycles. The van der Waals surface area contributed by atoms with E-state index < -0.39 is 0 Å². The molecule has 1 aliphatic heterocycles. The molecule has 0 aromatic carbocycles. The van der Waals surface area contributed by atoms with Gasteiger partial charge in [0.2, 0.25) is 0 Å². The molecule has 5 heteroatoms. The van der Waals surface area contributed by atoms with Gasteiger partial charge in [-0.15, -0.1) is 0 Å². The standard InChI is InChI=1S/C13H23N3O2/c1-9-4-3-5-10(8-9)11-12(14)15-13(17)16(11)6-7-18-2/h9-11H,3-8H2,1-2H3,(H2,14,15,17). The van der Waals surface area contributed by atoms with E-state index in [0.717, 1.165) is 18.8 Å². The van der Waals surface area contributed by atoms with Crippen LogP contribution in [0.3, 0.4) is 0 Å². The maximum atomic E-state index is 11.8. The lowest BCUT2D eigenvalue weighted by Crippen LogP contribution is -2.47. The van der Waals surface area contributed by atoms with Gasteiger partial charge in [-0.2, -0.15) is 4.99 Å². The van der Waals surface area contributed by atoms with Crippen LogP contribution in [-0.4, -0.2) is 43.1 Å². The number of ether oxygens (including phenoxy) is 1. The minimum Gasteiger partial charge on any atom is -0.385 e. The third kappa shape index (κ3) is 2.66. The zero-order valence-electron chi connectivity index (χ0n) is 11.3. The maximum Gasteiger partial charge on any atom is 0.345 e. The van der Waals surface area contributed by atoms with Crippen molar-refractivity contribution in [2.24, 2.45) is 22.6 Å². The van der Waals surface area contributed by atoms with Crippen LogP contribution >= 0.6 is 0 Å². The van der Waals surface area contributed by atoms with Gasteiger partial charge in [0.15, 0.2) is 0 Å². The Morgan fingerprint density at radius 2 is 2.28 bits per heavy atom. The first kappa shape index (κ1) is 13.3. The van der Waals surface area contributed by atoms with Crippen molar-refractivity contribution in [3.05, 3.63) is 0 Å². The van der Waals surface area contributed by atoms with Crippen LogP contribution < -0.4 is 5.73 Å². The molecule has 3 atom stereocenters. The van der Waals surface area contributed by atoms with E-state index in [1.54, 1.807) is 12.0 Å². The quantitative estimate of drug-likeness (QED) is 0.827. The van der Waals surface area contributed by atoms with Gasteiger partial charge in [-0.05, 0) is 24.7 Å². The molecule has 0 aromatic heterocycles. The Hall–Kier alpha value is -1.10. The Morgan fingerprint density at radius 1 is 1.50 bits per heavy atom. The van der Waals surface area contributed by atoms with Crippen LogP contribution in [0.15, 0.2) is 4.99 Å². The third-order valence-corrected chi connectivity index (χ3v) is 4.07. The summed E-state index contributed by atoms with van der Waals surface area (Å²) >= 11 is 0. The Balaban J connectivity index is 2.07. The summed E-state index contributed by atoms with van der Waals surface area (Å²) < 4.78 is 5.06. The first-order valence-electron chi connectivity index (χ1n) is 6.77. The van der Waals surface area contributed by atoms with Crippen LogP contribution in [0.4, 0.5) is 4.79 Å². The predicted molar refractivity (Wildman–Crippen MR) is 70.5 cm³/mol. The zero-order valence-corrected chi connectivity index (χ0v) is 11.3. The number of carbonyl (C=O) groups is 1. The first-order valence-corrected chi connectivity index (χ1v) is 6.77. The second-order valence-electron chi connectivity index (χ2n) is 5.48. The summed E-state index contributed by atoms with van der Waals surface area (Å²) in [4.78, 5) is 17.5.